The van der Waals surface area contributed by atoms with Crippen molar-refractivity contribution in [2.75, 3.05) is 6.16 Å². The van der Waals surface area contributed by atoms with Gasteiger partial charge in [-0.2, -0.15) is 0 Å². The molecule has 0 saturated heterocycles. The molecular weight excluding hydrogens is 482 g/mol. The van der Waals surface area contributed by atoms with Crippen LogP contribution < -0.4 is 39.9 Å². The zero-order chi connectivity index (χ0) is 19.1. The first-order valence-electron chi connectivity index (χ1n) is 10.9. The Morgan fingerprint density at radius 3 is 1.41 bits per heavy atom. The second-order valence-electron chi connectivity index (χ2n) is 8.19. The molecule has 2 heteroatoms. The topological polar surface area (TPSA) is 0 Å². The zero-order valence-electron chi connectivity index (χ0n) is 17.2. The first-order chi connectivity index (χ1) is 13.9. The number of hydrogen-bond acceptors (Lipinski definition) is 0. The van der Waals surface area contributed by atoms with Crippen molar-refractivity contribution >= 4 is 23.2 Å². The lowest BCUT2D eigenvalue weighted by Crippen LogP contribution is -3.00. The van der Waals surface area contributed by atoms with E-state index in [-0.39, 0.29) is 24.0 Å². The predicted molar refractivity (Wildman–Crippen MR) is 126 cm³/mol. The van der Waals surface area contributed by atoms with E-state index in [2.05, 4.69) is 91.0 Å². The molecule has 3 aromatic carbocycles. The van der Waals surface area contributed by atoms with Crippen molar-refractivity contribution in [3.63, 3.8) is 0 Å². The molecule has 0 amide bonds. The molecule has 1 aliphatic rings. The zero-order valence-corrected chi connectivity index (χ0v) is 20.3. The van der Waals surface area contributed by atoms with Crippen LogP contribution in [0.2, 0.25) is 0 Å². The average molecular weight is 514 g/mol. The SMILES string of the molecule is [I-].c1ccc([P+](CCCC2CCCCC2)(c2ccccc2)c2ccccc2)cc1. The van der Waals surface area contributed by atoms with E-state index in [0.29, 0.717) is 0 Å². The first kappa shape index (κ1) is 22.5. The fraction of sp³-hybridized carbons (Fsp3) is 0.333. The van der Waals surface area contributed by atoms with E-state index in [1.165, 1.54) is 67.0 Å². The van der Waals surface area contributed by atoms with Crippen LogP contribution in [0.3, 0.4) is 0 Å². The maximum absolute atomic E-state index is 2.37. The van der Waals surface area contributed by atoms with Crippen LogP contribution >= 0.6 is 7.26 Å². The van der Waals surface area contributed by atoms with Crippen molar-refractivity contribution in [3.8, 4) is 0 Å². The summed E-state index contributed by atoms with van der Waals surface area (Å²) in [6.07, 6.45) is 11.3. The lowest BCUT2D eigenvalue weighted by atomic mass is 9.86. The number of benzene rings is 3. The van der Waals surface area contributed by atoms with Crippen LogP contribution in [-0.4, -0.2) is 6.16 Å². The van der Waals surface area contributed by atoms with Crippen LogP contribution in [0.1, 0.15) is 44.9 Å². The quantitative estimate of drug-likeness (QED) is 0.335. The maximum Gasteiger partial charge on any atom is 0.112 e. The highest BCUT2D eigenvalue weighted by Gasteiger charge is 2.44. The van der Waals surface area contributed by atoms with Crippen molar-refractivity contribution < 1.29 is 24.0 Å². The normalized spacial score (nSPS) is 14.9. The van der Waals surface area contributed by atoms with Gasteiger partial charge in [-0.05, 0) is 55.2 Å². The van der Waals surface area contributed by atoms with Crippen molar-refractivity contribution in [3.05, 3.63) is 91.0 Å². The lowest BCUT2D eigenvalue weighted by Gasteiger charge is -2.29. The average Bonchev–Trinajstić information content (AvgIpc) is 2.79. The van der Waals surface area contributed by atoms with Crippen molar-refractivity contribution in [1.82, 2.24) is 0 Å². The van der Waals surface area contributed by atoms with Crippen molar-refractivity contribution in [1.29, 1.82) is 0 Å². The molecule has 1 fully saturated rings. The molecule has 152 valence electrons. The minimum absolute atomic E-state index is 0. The lowest BCUT2D eigenvalue weighted by molar-refractivity contribution is -0.00000558. The molecule has 0 nitrogen and oxygen atoms in total. The minimum atomic E-state index is -1.62. The van der Waals surface area contributed by atoms with Gasteiger partial charge in [0.05, 0.1) is 6.16 Å². The van der Waals surface area contributed by atoms with Gasteiger partial charge in [0, 0.05) is 0 Å². The fourth-order valence-corrected chi connectivity index (χ4v) is 9.34. The van der Waals surface area contributed by atoms with Gasteiger partial charge in [-0.3, -0.25) is 0 Å². The number of halogens is 1. The Labute approximate surface area is 194 Å². The van der Waals surface area contributed by atoms with Gasteiger partial charge in [-0.25, -0.2) is 0 Å². The summed E-state index contributed by atoms with van der Waals surface area (Å²) in [5, 5.41) is 4.57. The van der Waals surface area contributed by atoms with E-state index < -0.39 is 7.26 Å². The third-order valence-electron chi connectivity index (χ3n) is 6.42. The summed E-state index contributed by atoms with van der Waals surface area (Å²) in [5.41, 5.74) is 0. The Balaban J connectivity index is 0.00000240. The molecule has 1 saturated carbocycles. The summed E-state index contributed by atoms with van der Waals surface area (Å²) in [5.74, 6) is 0.956. The number of rotatable bonds is 7. The van der Waals surface area contributed by atoms with Gasteiger partial charge in [-0.15, -0.1) is 0 Å². The summed E-state index contributed by atoms with van der Waals surface area (Å²) in [6.45, 7) is 0. The summed E-state index contributed by atoms with van der Waals surface area (Å²) in [7, 11) is -1.62. The van der Waals surface area contributed by atoms with Gasteiger partial charge in [-0.1, -0.05) is 86.7 Å². The molecule has 29 heavy (non-hydrogen) atoms. The fourth-order valence-electron chi connectivity index (χ4n) is 4.97. The first-order valence-corrected chi connectivity index (χ1v) is 12.9. The highest BCUT2D eigenvalue weighted by molar-refractivity contribution is 7.95. The molecule has 0 N–H and O–H groups in total. The van der Waals surface area contributed by atoms with E-state index in [1.807, 2.05) is 0 Å². The van der Waals surface area contributed by atoms with E-state index >= 15 is 0 Å². The van der Waals surface area contributed by atoms with E-state index in [9.17, 15) is 0 Å². The Morgan fingerprint density at radius 1 is 0.586 bits per heavy atom. The van der Waals surface area contributed by atoms with Crippen LogP contribution in [0, 0.1) is 5.92 Å². The molecular formula is C27H32IP. The van der Waals surface area contributed by atoms with Crippen molar-refractivity contribution in [2.45, 2.75) is 44.9 Å². The standard InChI is InChI=1S/C27H32P.HI/c1-5-14-24(15-6-1)16-13-23-28(25-17-7-2-8-18-25,26-19-9-3-10-20-26)27-21-11-4-12-22-27;/h2-4,7-12,17-22,24H,1,5-6,13-16,23H2;1H/q+1;/p-1. The van der Waals surface area contributed by atoms with E-state index in [0.717, 1.165) is 5.92 Å². The van der Waals surface area contributed by atoms with Gasteiger partial charge >= 0.3 is 0 Å². The Hall–Kier alpha value is -1.18. The van der Waals surface area contributed by atoms with Crippen LogP contribution in [-0.2, 0) is 0 Å². The molecule has 0 radical (unpaired) electrons. The van der Waals surface area contributed by atoms with E-state index in [1.54, 1.807) is 0 Å². The van der Waals surface area contributed by atoms with E-state index in [4.69, 9.17) is 0 Å². The maximum atomic E-state index is 2.37. The second-order valence-corrected chi connectivity index (χ2v) is 11.8. The van der Waals surface area contributed by atoms with Gasteiger partial charge in [0.2, 0.25) is 0 Å². The third kappa shape index (κ3) is 5.30. The summed E-state index contributed by atoms with van der Waals surface area (Å²) < 4.78 is 0. The Kier molecular flexibility index (Phi) is 8.75. The molecule has 0 aliphatic heterocycles. The van der Waals surface area contributed by atoms with Gasteiger partial charge in [0.1, 0.15) is 23.2 Å². The molecule has 0 aromatic heterocycles. The smallest absolute Gasteiger partial charge is 0.112 e. The summed E-state index contributed by atoms with van der Waals surface area (Å²) in [6, 6.07) is 34.0. The molecule has 0 heterocycles. The number of hydrogen-bond donors (Lipinski definition) is 0. The molecule has 0 spiro atoms. The Bertz CT molecular complexity index is 730. The van der Waals surface area contributed by atoms with Gasteiger partial charge < -0.3 is 24.0 Å². The van der Waals surface area contributed by atoms with Gasteiger partial charge in [0.25, 0.3) is 0 Å². The largest absolute Gasteiger partial charge is 1.00 e. The van der Waals surface area contributed by atoms with Crippen LogP contribution in [0.15, 0.2) is 91.0 Å². The van der Waals surface area contributed by atoms with Crippen LogP contribution in [0.25, 0.3) is 0 Å². The minimum Gasteiger partial charge on any atom is -1.00 e. The summed E-state index contributed by atoms with van der Waals surface area (Å²) >= 11 is 0. The highest BCUT2D eigenvalue weighted by atomic mass is 127. The molecule has 4 rings (SSSR count). The highest BCUT2D eigenvalue weighted by Crippen LogP contribution is 2.56. The second kappa shape index (κ2) is 11.3. The van der Waals surface area contributed by atoms with Crippen LogP contribution in [0.4, 0.5) is 0 Å². The molecule has 0 unspecified atom stereocenters. The molecule has 0 atom stereocenters. The molecule has 3 aromatic rings. The third-order valence-corrected chi connectivity index (χ3v) is 10.9. The molecule has 0 bridgehead atoms. The summed E-state index contributed by atoms with van der Waals surface area (Å²) in [4.78, 5) is 0. The monoisotopic (exact) mass is 514 g/mol. The van der Waals surface area contributed by atoms with Gasteiger partial charge in [0.15, 0.2) is 0 Å². The Morgan fingerprint density at radius 2 is 1.00 bits per heavy atom. The predicted octanol–water partition coefficient (Wildman–Crippen LogP) is 3.35. The van der Waals surface area contributed by atoms with Crippen molar-refractivity contribution in [2.24, 2.45) is 5.92 Å². The van der Waals surface area contributed by atoms with Crippen LogP contribution in [0.5, 0.6) is 0 Å². The molecule has 1 aliphatic carbocycles.